The highest BCUT2D eigenvalue weighted by Crippen LogP contribution is 2.20. The van der Waals surface area contributed by atoms with Gasteiger partial charge in [0.1, 0.15) is 0 Å². The summed E-state index contributed by atoms with van der Waals surface area (Å²) in [6.07, 6.45) is 6.58. The van der Waals surface area contributed by atoms with Crippen LogP contribution in [0.1, 0.15) is 59.2 Å². The van der Waals surface area contributed by atoms with E-state index in [1.165, 1.54) is 24.4 Å². The lowest BCUT2D eigenvalue weighted by Crippen LogP contribution is -2.22. The van der Waals surface area contributed by atoms with Crippen LogP contribution in [0.4, 0.5) is 11.4 Å². The van der Waals surface area contributed by atoms with Crippen LogP contribution in [0.2, 0.25) is 0 Å². The fraction of sp³-hybridized carbons (Fsp3) is 0.364. The molecular weight excluding hydrogens is 370 g/mol. The third kappa shape index (κ3) is 7.46. The van der Waals surface area contributed by atoms with Crippen molar-refractivity contribution in [1.82, 2.24) is 5.48 Å². The fourth-order valence-electron chi connectivity index (χ4n) is 3.15. The van der Waals surface area contributed by atoms with Crippen molar-refractivity contribution >= 4 is 23.3 Å². The Kier molecular flexibility index (Phi) is 9.51. The number of hydrogen-bond donors (Lipinski definition) is 5. The van der Waals surface area contributed by atoms with Crippen LogP contribution in [0.25, 0.3) is 0 Å². The van der Waals surface area contributed by atoms with Crippen molar-refractivity contribution in [2.45, 2.75) is 38.5 Å². The molecule has 2 aromatic carbocycles. The maximum atomic E-state index is 11.6. The summed E-state index contributed by atoms with van der Waals surface area (Å²) >= 11 is 0. The normalized spacial score (nSPS) is 10.4. The summed E-state index contributed by atoms with van der Waals surface area (Å²) in [5.41, 5.74) is 2.81. The highest BCUT2D eigenvalue weighted by atomic mass is 16.5. The summed E-state index contributed by atoms with van der Waals surface area (Å²) in [4.78, 5) is 23.1. The fourth-order valence-corrected chi connectivity index (χ4v) is 3.15. The molecule has 0 spiro atoms. The van der Waals surface area contributed by atoms with Crippen molar-refractivity contribution in [3.63, 3.8) is 0 Å². The number of carbonyl (C=O) groups excluding carboxylic acids is 1. The molecule has 2 aromatic rings. The monoisotopic (exact) mass is 399 g/mol. The summed E-state index contributed by atoms with van der Waals surface area (Å²) in [7, 11) is 0. The molecule has 2 rings (SSSR count). The van der Waals surface area contributed by atoms with E-state index < -0.39 is 11.9 Å². The third-order valence-electron chi connectivity index (χ3n) is 4.65. The molecular formula is C22H29N3O4. The van der Waals surface area contributed by atoms with Gasteiger partial charge in [-0.1, -0.05) is 49.9 Å². The molecule has 0 saturated carbocycles. The topological polar surface area (TPSA) is 111 Å². The quantitative estimate of drug-likeness (QED) is 0.194. The van der Waals surface area contributed by atoms with Gasteiger partial charge in [0.25, 0.3) is 5.91 Å². The Morgan fingerprint density at radius 3 is 2.00 bits per heavy atom. The van der Waals surface area contributed by atoms with Gasteiger partial charge in [-0.2, -0.15) is 0 Å². The Bertz CT molecular complexity index is 781. The van der Waals surface area contributed by atoms with E-state index in [1.807, 2.05) is 18.2 Å². The smallest absolute Gasteiger partial charge is 0.338 e. The number of rotatable bonds is 13. The van der Waals surface area contributed by atoms with Gasteiger partial charge in [0.2, 0.25) is 0 Å². The number of anilines is 2. The molecule has 0 radical (unpaired) electrons. The Morgan fingerprint density at radius 2 is 1.38 bits per heavy atom. The predicted octanol–water partition coefficient (Wildman–Crippen LogP) is 4.37. The van der Waals surface area contributed by atoms with Crippen molar-refractivity contribution in [2.24, 2.45) is 0 Å². The molecule has 0 aliphatic heterocycles. The van der Waals surface area contributed by atoms with E-state index in [-0.39, 0.29) is 11.1 Å². The van der Waals surface area contributed by atoms with Crippen LogP contribution in [0.5, 0.6) is 0 Å². The van der Waals surface area contributed by atoms with E-state index in [2.05, 4.69) is 22.8 Å². The first-order valence-electron chi connectivity index (χ1n) is 9.97. The summed E-state index contributed by atoms with van der Waals surface area (Å²) in [6, 6.07) is 14.8. The standard InChI is InChI=1S/C22H29N3O4/c26-21(25-29)18-13-10-14-19(20(18)22(27)28)24-16-9-4-2-1-3-8-15-23-17-11-6-5-7-12-17/h5-7,10-14,23-24,29H,1-4,8-9,15-16H2,(H,25,26)(H,27,28). The Hall–Kier alpha value is -3.06. The number of amides is 1. The summed E-state index contributed by atoms with van der Waals surface area (Å²) < 4.78 is 0. The third-order valence-corrected chi connectivity index (χ3v) is 4.65. The van der Waals surface area contributed by atoms with Gasteiger partial charge in [-0.25, -0.2) is 10.3 Å². The van der Waals surface area contributed by atoms with Crippen molar-refractivity contribution in [1.29, 1.82) is 0 Å². The first-order chi connectivity index (χ1) is 14.1. The van der Waals surface area contributed by atoms with Gasteiger partial charge in [0, 0.05) is 24.5 Å². The molecule has 1 amide bonds. The van der Waals surface area contributed by atoms with Crippen LogP contribution < -0.4 is 16.1 Å². The van der Waals surface area contributed by atoms with Crippen LogP contribution in [-0.2, 0) is 0 Å². The number of hydroxylamine groups is 1. The van der Waals surface area contributed by atoms with E-state index in [4.69, 9.17) is 5.21 Å². The number of carbonyl (C=O) groups is 2. The first kappa shape index (κ1) is 22.2. The lowest BCUT2D eigenvalue weighted by atomic mass is 10.0. The molecule has 0 fully saturated rings. The Morgan fingerprint density at radius 1 is 0.759 bits per heavy atom. The number of carboxylic acids is 1. The van der Waals surface area contributed by atoms with Crippen LogP contribution in [0, 0.1) is 0 Å². The number of nitrogens with one attached hydrogen (secondary N) is 3. The van der Waals surface area contributed by atoms with Crippen LogP contribution >= 0.6 is 0 Å². The van der Waals surface area contributed by atoms with E-state index in [9.17, 15) is 14.7 Å². The molecule has 0 unspecified atom stereocenters. The Balaban J connectivity index is 1.62. The van der Waals surface area contributed by atoms with Crippen LogP contribution in [-0.4, -0.2) is 35.3 Å². The number of benzene rings is 2. The van der Waals surface area contributed by atoms with Gasteiger partial charge in [0.05, 0.1) is 11.1 Å². The molecule has 29 heavy (non-hydrogen) atoms. The summed E-state index contributed by atoms with van der Waals surface area (Å²) in [5, 5.41) is 24.7. The maximum absolute atomic E-state index is 11.6. The zero-order valence-corrected chi connectivity index (χ0v) is 16.5. The second-order valence-electron chi connectivity index (χ2n) is 6.82. The molecule has 0 aliphatic rings. The minimum Gasteiger partial charge on any atom is -0.478 e. The van der Waals surface area contributed by atoms with Crippen LogP contribution in [0.3, 0.4) is 0 Å². The zero-order valence-electron chi connectivity index (χ0n) is 16.5. The van der Waals surface area contributed by atoms with E-state index in [1.54, 1.807) is 12.1 Å². The predicted molar refractivity (Wildman–Crippen MR) is 114 cm³/mol. The Labute approximate surface area is 171 Å². The number of aromatic carboxylic acids is 1. The van der Waals surface area contributed by atoms with E-state index in [0.717, 1.165) is 37.9 Å². The average Bonchev–Trinajstić information content (AvgIpc) is 2.74. The molecule has 156 valence electrons. The average molecular weight is 399 g/mol. The van der Waals surface area contributed by atoms with Crippen LogP contribution in [0.15, 0.2) is 48.5 Å². The second kappa shape index (κ2) is 12.4. The number of unbranched alkanes of at least 4 members (excludes halogenated alkanes) is 5. The number of carboxylic acid groups (broad SMARTS) is 1. The second-order valence-corrected chi connectivity index (χ2v) is 6.82. The summed E-state index contributed by atoms with van der Waals surface area (Å²) in [5.74, 6) is -2.05. The van der Waals surface area contributed by atoms with Crippen molar-refractivity contribution in [3.8, 4) is 0 Å². The summed E-state index contributed by atoms with van der Waals surface area (Å²) in [6.45, 7) is 1.60. The molecule has 5 N–H and O–H groups in total. The minimum absolute atomic E-state index is 0.0749. The van der Waals surface area contributed by atoms with Crippen molar-refractivity contribution in [2.75, 3.05) is 23.7 Å². The molecule has 0 aliphatic carbocycles. The largest absolute Gasteiger partial charge is 0.478 e. The molecule has 7 heteroatoms. The molecule has 0 atom stereocenters. The van der Waals surface area contributed by atoms with Gasteiger partial charge in [-0.15, -0.1) is 0 Å². The van der Waals surface area contributed by atoms with Gasteiger partial charge < -0.3 is 15.7 Å². The van der Waals surface area contributed by atoms with E-state index in [0.29, 0.717) is 12.2 Å². The van der Waals surface area contributed by atoms with Gasteiger partial charge >= 0.3 is 5.97 Å². The number of para-hydroxylation sites is 1. The van der Waals surface area contributed by atoms with Gasteiger partial charge in [-0.3, -0.25) is 10.0 Å². The van der Waals surface area contributed by atoms with E-state index >= 15 is 0 Å². The van der Waals surface area contributed by atoms with Crippen molar-refractivity contribution in [3.05, 3.63) is 59.7 Å². The highest BCUT2D eigenvalue weighted by molar-refractivity contribution is 6.07. The molecule has 0 aromatic heterocycles. The lowest BCUT2D eigenvalue weighted by Gasteiger charge is -2.12. The van der Waals surface area contributed by atoms with Crippen molar-refractivity contribution < 1.29 is 19.9 Å². The van der Waals surface area contributed by atoms with Gasteiger partial charge in [0.15, 0.2) is 0 Å². The molecule has 0 heterocycles. The lowest BCUT2D eigenvalue weighted by molar-refractivity contribution is 0.0663. The molecule has 7 nitrogen and oxygen atoms in total. The maximum Gasteiger partial charge on any atom is 0.338 e. The van der Waals surface area contributed by atoms with Gasteiger partial charge in [-0.05, 0) is 37.1 Å². The SMILES string of the molecule is O=C(NO)c1cccc(NCCCCCCCCNc2ccccc2)c1C(=O)O. The zero-order chi connectivity index (χ0) is 20.9. The highest BCUT2D eigenvalue weighted by Gasteiger charge is 2.19. The molecule has 0 saturated heterocycles. The molecule has 0 bridgehead atoms. The minimum atomic E-state index is -1.21. The first-order valence-corrected chi connectivity index (χ1v) is 9.97. The number of hydrogen-bond acceptors (Lipinski definition) is 5.